The van der Waals surface area contributed by atoms with Crippen LogP contribution in [0.5, 0.6) is 0 Å². The first-order valence-electron chi connectivity index (χ1n) is 11.6. The summed E-state index contributed by atoms with van der Waals surface area (Å²) in [5, 5.41) is 0. The number of methoxy groups -OCH3 is 1. The van der Waals surface area contributed by atoms with Gasteiger partial charge >= 0.3 is 5.97 Å². The molecule has 6 atom stereocenters. The minimum atomic E-state index is -0.349. The molecule has 4 heteroatoms. The Labute approximate surface area is 179 Å². The number of nitrogens with zero attached hydrogens (tertiary/aromatic N) is 1. The molecule has 3 aliphatic carbocycles. The van der Waals surface area contributed by atoms with Crippen molar-refractivity contribution < 1.29 is 14.3 Å². The largest absolute Gasteiger partial charge is 0.465 e. The number of carbonyl (C=O) groups excluding carboxylic acids is 2. The van der Waals surface area contributed by atoms with Gasteiger partial charge in [-0.1, -0.05) is 26.3 Å². The average Bonchev–Trinajstić information content (AvgIpc) is 3.15. The molecule has 0 spiro atoms. The second-order valence-electron chi connectivity index (χ2n) is 10.5. The lowest BCUT2D eigenvalue weighted by molar-refractivity contribution is -0.118. The summed E-state index contributed by atoms with van der Waals surface area (Å²) in [6.07, 6.45) is 13.1. The highest BCUT2D eigenvalue weighted by atomic mass is 16.5. The van der Waals surface area contributed by atoms with Crippen molar-refractivity contribution in [2.75, 3.05) is 12.0 Å². The van der Waals surface area contributed by atoms with Crippen LogP contribution in [0.15, 0.2) is 36.4 Å². The minimum Gasteiger partial charge on any atom is -0.465 e. The van der Waals surface area contributed by atoms with E-state index >= 15 is 0 Å². The first-order chi connectivity index (χ1) is 14.4. The Bertz CT molecular complexity index is 890. The summed E-state index contributed by atoms with van der Waals surface area (Å²) in [6.45, 7) is 4.93. The molecule has 3 saturated carbocycles. The average molecular weight is 408 g/mol. The fraction of sp³-hybridized carbons (Fsp3) is 0.615. The summed E-state index contributed by atoms with van der Waals surface area (Å²) in [6, 6.07) is 7.50. The van der Waals surface area contributed by atoms with Crippen molar-refractivity contribution in [1.82, 2.24) is 0 Å². The molecule has 0 bridgehead atoms. The van der Waals surface area contributed by atoms with Crippen LogP contribution in [0.1, 0.15) is 69.2 Å². The summed E-state index contributed by atoms with van der Waals surface area (Å²) >= 11 is 0. The fourth-order valence-corrected chi connectivity index (χ4v) is 7.67. The van der Waals surface area contributed by atoms with Gasteiger partial charge in [-0.25, -0.2) is 4.79 Å². The maximum atomic E-state index is 13.0. The topological polar surface area (TPSA) is 46.6 Å². The van der Waals surface area contributed by atoms with E-state index in [1.165, 1.54) is 45.6 Å². The zero-order valence-corrected chi connectivity index (χ0v) is 18.4. The van der Waals surface area contributed by atoms with Crippen LogP contribution < -0.4 is 4.90 Å². The highest BCUT2D eigenvalue weighted by Crippen LogP contribution is 2.64. The van der Waals surface area contributed by atoms with Gasteiger partial charge < -0.3 is 9.64 Å². The molecule has 0 N–H and O–H groups in total. The van der Waals surface area contributed by atoms with E-state index in [1.807, 2.05) is 17.0 Å². The number of benzene rings is 1. The molecule has 0 radical (unpaired) electrons. The molecule has 3 fully saturated rings. The summed E-state index contributed by atoms with van der Waals surface area (Å²) < 4.78 is 4.82. The van der Waals surface area contributed by atoms with E-state index < -0.39 is 0 Å². The second-order valence-corrected chi connectivity index (χ2v) is 10.5. The van der Waals surface area contributed by atoms with Gasteiger partial charge in [0.2, 0.25) is 0 Å². The Morgan fingerprint density at radius 1 is 1.03 bits per heavy atom. The van der Waals surface area contributed by atoms with Gasteiger partial charge in [0.25, 0.3) is 5.91 Å². The molecule has 1 aromatic carbocycles. The summed E-state index contributed by atoms with van der Waals surface area (Å²) in [5.41, 5.74) is 1.96. The lowest BCUT2D eigenvalue weighted by Gasteiger charge is -2.60. The van der Waals surface area contributed by atoms with Crippen molar-refractivity contribution in [1.29, 1.82) is 0 Å². The number of anilines is 1. The van der Waals surface area contributed by atoms with Gasteiger partial charge in [0, 0.05) is 23.2 Å². The van der Waals surface area contributed by atoms with Crippen LogP contribution in [0.2, 0.25) is 0 Å². The number of rotatable bonds is 2. The lowest BCUT2D eigenvalue weighted by Crippen LogP contribution is -2.60. The van der Waals surface area contributed by atoms with Crippen molar-refractivity contribution >= 4 is 17.6 Å². The number of fused-ring (bicyclic) bond motifs is 5. The molecule has 1 heterocycles. The van der Waals surface area contributed by atoms with E-state index in [-0.39, 0.29) is 23.3 Å². The smallest absolute Gasteiger partial charge is 0.337 e. The molecular formula is C26H33NO3. The third kappa shape index (κ3) is 2.79. The zero-order chi connectivity index (χ0) is 21.1. The molecule has 5 rings (SSSR count). The summed E-state index contributed by atoms with van der Waals surface area (Å²) in [4.78, 5) is 26.8. The van der Waals surface area contributed by atoms with Gasteiger partial charge in [0.15, 0.2) is 0 Å². The zero-order valence-electron chi connectivity index (χ0n) is 18.4. The van der Waals surface area contributed by atoms with Gasteiger partial charge in [0.05, 0.1) is 12.7 Å². The minimum absolute atomic E-state index is 0.0156. The molecular weight excluding hydrogens is 374 g/mol. The molecule has 1 aliphatic heterocycles. The van der Waals surface area contributed by atoms with E-state index in [1.54, 1.807) is 18.2 Å². The number of esters is 1. The highest BCUT2D eigenvalue weighted by molar-refractivity contribution is 6.03. The van der Waals surface area contributed by atoms with Crippen LogP contribution in [0.25, 0.3) is 0 Å². The lowest BCUT2D eigenvalue weighted by atomic mass is 9.48. The van der Waals surface area contributed by atoms with Crippen LogP contribution >= 0.6 is 0 Å². The molecule has 0 unspecified atom stereocenters. The Morgan fingerprint density at radius 3 is 2.53 bits per heavy atom. The maximum Gasteiger partial charge on any atom is 0.337 e. The molecule has 0 aromatic heterocycles. The molecule has 4 aliphatic rings. The highest BCUT2D eigenvalue weighted by Gasteiger charge is 2.58. The van der Waals surface area contributed by atoms with Crippen LogP contribution in [-0.4, -0.2) is 25.0 Å². The van der Waals surface area contributed by atoms with Crippen LogP contribution in [0.4, 0.5) is 5.69 Å². The van der Waals surface area contributed by atoms with Crippen LogP contribution in [0, 0.1) is 28.6 Å². The third-order valence-corrected chi connectivity index (χ3v) is 9.21. The van der Waals surface area contributed by atoms with E-state index in [0.29, 0.717) is 16.9 Å². The predicted molar refractivity (Wildman–Crippen MR) is 117 cm³/mol. The monoisotopic (exact) mass is 407 g/mol. The van der Waals surface area contributed by atoms with E-state index in [0.717, 1.165) is 23.9 Å². The van der Waals surface area contributed by atoms with Gasteiger partial charge in [-0.2, -0.15) is 0 Å². The first kappa shape index (κ1) is 19.8. The number of carbonyl (C=O) groups is 2. The Hall–Kier alpha value is -2.10. The van der Waals surface area contributed by atoms with Gasteiger partial charge in [0.1, 0.15) is 0 Å². The molecule has 30 heavy (non-hydrogen) atoms. The Kier molecular flexibility index (Phi) is 4.61. The molecule has 1 amide bonds. The quantitative estimate of drug-likeness (QED) is 0.619. The van der Waals surface area contributed by atoms with Crippen molar-refractivity contribution in [3.8, 4) is 0 Å². The number of amides is 1. The van der Waals surface area contributed by atoms with E-state index in [9.17, 15) is 9.59 Å². The van der Waals surface area contributed by atoms with Crippen molar-refractivity contribution in [3.05, 3.63) is 42.0 Å². The van der Waals surface area contributed by atoms with Gasteiger partial charge in [-0.05, 0) is 86.0 Å². The van der Waals surface area contributed by atoms with Crippen LogP contribution in [0.3, 0.4) is 0 Å². The standard InChI is InChI=1S/C26H33NO3/c1-25-14-4-5-20(25)19-10-11-22-26(2,21(19)12-15-25)16-13-23(28)27(22)18-8-6-17(7-9-18)24(29)30-3/h6-9,13,16,19-22H,4-5,10-12,14-15H2,1-3H3/t19-,20-,21-,22+,25-,26+/m0/s1. The third-order valence-electron chi connectivity index (χ3n) is 9.21. The second kappa shape index (κ2) is 6.96. The van der Waals surface area contributed by atoms with Crippen LogP contribution in [-0.2, 0) is 9.53 Å². The van der Waals surface area contributed by atoms with Gasteiger partial charge in [-0.3, -0.25) is 4.79 Å². The first-order valence-corrected chi connectivity index (χ1v) is 11.6. The Balaban J connectivity index is 1.47. The number of hydrogen-bond donors (Lipinski definition) is 0. The Morgan fingerprint density at radius 2 is 1.80 bits per heavy atom. The van der Waals surface area contributed by atoms with Crippen molar-refractivity contribution in [2.24, 2.45) is 28.6 Å². The summed E-state index contributed by atoms with van der Waals surface area (Å²) in [5.74, 6) is 2.00. The summed E-state index contributed by atoms with van der Waals surface area (Å²) in [7, 11) is 1.39. The number of ether oxygens (including phenoxy) is 1. The maximum absolute atomic E-state index is 13.0. The van der Waals surface area contributed by atoms with E-state index in [4.69, 9.17) is 4.74 Å². The van der Waals surface area contributed by atoms with Crippen molar-refractivity contribution in [2.45, 2.75) is 64.8 Å². The molecule has 4 nitrogen and oxygen atoms in total. The molecule has 1 aromatic rings. The van der Waals surface area contributed by atoms with Crippen molar-refractivity contribution in [3.63, 3.8) is 0 Å². The number of hydrogen-bond acceptors (Lipinski definition) is 3. The normalized spacial score (nSPS) is 39.8. The van der Waals surface area contributed by atoms with E-state index in [2.05, 4.69) is 19.9 Å². The predicted octanol–water partition coefficient (Wildman–Crippen LogP) is 5.38. The van der Waals surface area contributed by atoms with Gasteiger partial charge in [-0.15, -0.1) is 0 Å². The fourth-order valence-electron chi connectivity index (χ4n) is 7.67. The SMILES string of the molecule is COC(=O)c1ccc(N2C(=O)C=C[C@]3(C)[C@H]4CC[C@]5(C)CCC[C@H]5[C@@H]4CC[C@@H]23)cc1. The molecule has 160 valence electrons. The molecule has 0 saturated heterocycles.